The normalized spacial score (nSPS) is 11.2. The summed E-state index contributed by atoms with van der Waals surface area (Å²) in [7, 11) is 4.09. The Labute approximate surface area is 150 Å². The van der Waals surface area contributed by atoms with Crippen molar-refractivity contribution < 1.29 is 4.74 Å². The Balaban J connectivity index is 2.46. The number of ether oxygens (including phenoxy) is 1. The molecule has 0 heterocycles. The van der Waals surface area contributed by atoms with E-state index in [1.807, 2.05) is 14.1 Å². The van der Waals surface area contributed by atoms with Crippen LogP contribution in [0.1, 0.15) is 6.42 Å². The molecule has 0 atom stereocenters. The van der Waals surface area contributed by atoms with Crippen LogP contribution in [0.2, 0.25) is 25.1 Å². The minimum atomic E-state index is 0.127. The van der Waals surface area contributed by atoms with Crippen LogP contribution in [0.3, 0.4) is 0 Å². The molecule has 0 radical (unpaired) electrons. The van der Waals surface area contributed by atoms with E-state index in [9.17, 15) is 0 Å². The smallest absolute Gasteiger partial charge is 0.159 e. The molecular formula is C13H17Cl5N2O. The molecule has 0 aliphatic rings. The number of hydrogen-bond acceptors (Lipinski definition) is 3. The highest BCUT2D eigenvalue weighted by Crippen LogP contribution is 2.48. The van der Waals surface area contributed by atoms with Crippen molar-refractivity contribution in [2.24, 2.45) is 0 Å². The van der Waals surface area contributed by atoms with Gasteiger partial charge in [-0.25, -0.2) is 0 Å². The van der Waals surface area contributed by atoms with Crippen LogP contribution in [0.5, 0.6) is 5.75 Å². The first-order chi connectivity index (χ1) is 9.86. The van der Waals surface area contributed by atoms with E-state index in [0.29, 0.717) is 13.2 Å². The summed E-state index contributed by atoms with van der Waals surface area (Å²) in [5.74, 6) is 0.257. The molecule has 0 aromatic heterocycles. The Morgan fingerprint density at radius 3 is 1.90 bits per heavy atom. The highest BCUT2D eigenvalue weighted by Gasteiger charge is 2.20. The SMILES string of the molecule is CN(C)CCCNCCOc1c(Cl)c(Cl)c(Cl)c(Cl)c1Cl. The van der Waals surface area contributed by atoms with E-state index in [-0.39, 0.29) is 30.9 Å². The predicted octanol–water partition coefficient (Wildman–Crippen LogP) is 4.87. The molecule has 1 rings (SSSR count). The fourth-order valence-electron chi connectivity index (χ4n) is 1.58. The summed E-state index contributed by atoms with van der Waals surface area (Å²) >= 11 is 30.0. The molecule has 0 spiro atoms. The van der Waals surface area contributed by atoms with Gasteiger partial charge < -0.3 is 15.0 Å². The van der Waals surface area contributed by atoms with E-state index in [0.717, 1.165) is 19.5 Å². The number of hydrogen-bond donors (Lipinski definition) is 1. The maximum absolute atomic E-state index is 6.06. The third-order valence-corrected chi connectivity index (χ3v) is 4.90. The van der Waals surface area contributed by atoms with Crippen LogP contribution in [0, 0.1) is 0 Å². The minimum Gasteiger partial charge on any atom is -0.489 e. The predicted molar refractivity (Wildman–Crippen MR) is 93.0 cm³/mol. The van der Waals surface area contributed by atoms with Gasteiger partial charge in [0.2, 0.25) is 0 Å². The fraction of sp³-hybridized carbons (Fsp3) is 0.538. The summed E-state index contributed by atoms with van der Waals surface area (Å²) in [5.41, 5.74) is 0. The fourth-order valence-corrected chi connectivity index (χ4v) is 2.81. The first-order valence-electron chi connectivity index (χ1n) is 6.36. The Kier molecular flexibility index (Phi) is 8.80. The van der Waals surface area contributed by atoms with E-state index in [4.69, 9.17) is 62.7 Å². The second kappa shape index (κ2) is 9.51. The summed E-state index contributed by atoms with van der Waals surface area (Å²) in [6, 6.07) is 0. The third kappa shape index (κ3) is 5.83. The molecule has 1 N–H and O–H groups in total. The average molecular weight is 395 g/mol. The van der Waals surface area contributed by atoms with E-state index < -0.39 is 0 Å². The lowest BCUT2D eigenvalue weighted by Gasteiger charge is -2.14. The van der Waals surface area contributed by atoms with Crippen LogP contribution in [-0.4, -0.2) is 45.2 Å². The van der Waals surface area contributed by atoms with Crippen molar-refractivity contribution in [1.82, 2.24) is 10.2 Å². The van der Waals surface area contributed by atoms with Crippen LogP contribution in [0.15, 0.2) is 0 Å². The molecule has 0 aliphatic heterocycles. The first kappa shape index (κ1) is 19.4. The molecule has 0 amide bonds. The lowest BCUT2D eigenvalue weighted by Crippen LogP contribution is -2.25. The van der Waals surface area contributed by atoms with Gasteiger partial charge in [-0.2, -0.15) is 0 Å². The molecule has 0 bridgehead atoms. The molecule has 3 nitrogen and oxygen atoms in total. The molecule has 8 heteroatoms. The summed E-state index contributed by atoms with van der Waals surface area (Å²) < 4.78 is 5.55. The molecular weight excluding hydrogens is 377 g/mol. The molecule has 21 heavy (non-hydrogen) atoms. The quantitative estimate of drug-likeness (QED) is 0.387. The standard InChI is InChI=1S/C13H17Cl5N2O/c1-20(2)6-3-4-19-5-7-21-13-11(17)9(15)8(14)10(16)12(13)18/h19H,3-7H2,1-2H3. The molecule has 0 saturated heterocycles. The lowest BCUT2D eigenvalue weighted by atomic mass is 10.3. The molecule has 0 fully saturated rings. The van der Waals surface area contributed by atoms with Gasteiger partial charge in [0.15, 0.2) is 5.75 Å². The maximum atomic E-state index is 6.06. The summed E-state index contributed by atoms with van der Waals surface area (Å²) in [5, 5.41) is 4.01. The Morgan fingerprint density at radius 2 is 1.38 bits per heavy atom. The number of benzene rings is 1. The molecule has 1 aromatic carbocycles. The Morgan fingerprint density at radius 1 is 0.857 bits per heavy atom. The van der Waals surface area contributed by atoms with Gasteiger partial charge in [-0.1, -0.05) is 58.0 Å². The van der Waals surface area contributed by atoms with Crippen molar-refractivity contribution in [1.29, 1.82) is 0 Å². The highest BCUT2D eigenvalue weighted by molar-refractivity contribution is 6.55. The summed E-state index contributed by atoms with van der Waals surface area (Å²) in [6.45, 7) is 3.01. The van der Waals surface area contributed by atoms with Crippen LogP contribution in [-0.2, 0) is 0 Å². The largest absolute Gasteiger partial charge is 0.489 e. The van der Waals surface area contributed by atoms with Gasteiger partial charge in [0.25, 0.3) is 0 Å². The highest BCUT2D eigenvalue weighted by atomic mass is 35.5. The van der Waals surface area contributed by atoms with Crippen molar-refractivity contribution in [3.8, 4) is 5.75 Å². The van der Waals surface area contributed by atoms with Crippen LogP contribution >= 0.6 is 58.0 Å². The Hall–Kier alpha value is 0.390. The van der Waals surface area contributed by atoms with Gasteiger partial charge in [-0.05, 0) is 33.6 Å². The van der Waals surface area contributed by atoms with Gasteiger partial charge in [0, 0.05) is 6.54 Å². The molecule has 0 saturated carbocycles. The molecule has 0 unspecified atom stereocenters. The van der Waals surface area contributed by atoms with Crippen molar-refractivity contribution >= 4 is 58.0 Å². The van der Waals surface area contributed by atoms with E-state index in [2.05, 4.69) is 10.2 Å². The van der Waals surface area contributed by atoms with Crippen molar-refractivity contribution in [2.75, 3.05) is 40.3 Å². The Bertz CT molecular complexity index is 453. The molecule has 0 aliphatic carbocycles. The van der Waals surface area contributed by atoms with E-state index in [1.165, 1.54) is 0 Å². The first-order valence-corrected chi connectivity index (χ1v) is 8.25. The number of nitrogens with zero attached hydrogens (tertiary/aromatic N) is 1. The number of halogens is 5. The minimum absolute atomic E-state index is 0.127. The zero-order valence-corrected chi connectivity index (χ0v) is 15.6. The monoisotopic (exact) mass is 392 g/mol. The number of rotatable bonds is 8. The molecule has 120 valence electrons. The van der Waals surface area contributed by atoms with Gasteiger partial charge in [-0.15, -0.1) is 0 Å². The topological polar surface area (TPSA) is 24.5 Å². The maximum Gasteiger partial charge on any atom is 0.159 e. The summed E-state index contributed by atoms with van der Waals surface area (Å²) in [4.78, 5) is 2.13. The van der Waals surface area contributed by atoms with Gasteiger partial charge >= 0.3 is 0 Å². The van der Waals surface area contributed by atoms with Gasteiger partial charge in [0.1, 0.15) is 16.7 Å². The second-order valence-corrected chi connectivity index (χ2v) is 6.54. The van der Waals surface area contributed by atoms with E-state index >= 15 is 0 Å². The number of nitrogens with one attached hydrogen (secondary N) is 1. The second-order valence-electron chi connectivity index (χ2n) is 4.65. The van der Waals surface area contributed by atoms with E-state index in [1.54, 1.807) is 0 Å². The van der Waals surface area contributed by atoms with Gasteiger partial charge in [-0.3, -0.25) is 0 Å². The van der Waals surface area contributed by atoms with Crippen molar-refractivity contribution in [2.45, 2.75) is 6.42 Å². The van der Waals surface area contributed by atoms with Crippen LogP contribution in [0.4, 0.5) is 0 Å². The van der Waals surface area contributed by atoms with Crippen molar-refractivity contribution in [3.05, 3.63) is 25.1 Å². The van der Waals surface area contributed by atoms with Crippen LogP contribution < -0.4 is 10.1 Å². The summed E-state index contributed by atoms with van der Waals surface area (Å²) in [6.07, 6.45) is 1.06. The zero-order valence-electron chi connectivity index (χ0n) is 11.8. The average Bonchev–Trinajstić information content (AvgIpc) is 2.45. The van der Waals surface area contributed by atoms with Crippen molar-refractivity contribution in [3.63, 3.8) is 0 Å². The third-order valence-electron chi connectivity index (χ3n) is 2.65. The molecule has 1 aromatic rings. The zero-order chi connectivity index (χ0) is 16.0. The van der Waals surface area contributed by atoms with Crippen LogP contribution in [0.25, 0.3) is 0 Å². The lowest BCUT2D eigenvalue weighted by molar-refractivity contribution is 0.311. The van der Waals surface area contributed by atoms with Gasteiger partial charge in [0.05, 0.1) is 15.1 Å².